The molecule has 3 nitrogen and oxygen atoms in total. The Hall–Kier alpha value is -0.860. The summed E-state index contributed by atoms with van der Waals surface area (Å²) in [4.78, 5) is 21.8. The van der Waals surface area contributed by atoms with Gasteiger partial charge in [0.15, 0.2) is 0 Å². The molecule has 0 radical (unpaired) electrons. The van der Waals surface area contributed by atoms with E-state index in [0.717, 1.165) is 19.3 Å². The highest BCUT2D eigenvalue weighted by Gasteiger charge is 2.33. The number of unbranched alkanes of at least 4 members (excludes halogenated alkanes) is 1. The molecule has 1 aliphatic carbocycles. The zero-order valence-corrected chi connectivity index (χ0v) is 8.66. The monoisotopic (exact) mass is 198 g/mol. The van der Waals surface area contributed by atoms with E-state index in [1.165, 1.54) is 0 Å². The summed E-state index contributed by atoms with van der Waals surface area (Å²) in [5, 5.41) is 8.69. The van der Waals surface area contributed by atoms with E-state index in [4.69, 9.17) is 5.11 Å². The summed E-state index contributed by atoms with van der Waals surface area (Å²) < 4.78 is 0. The zero-order chi connectivity index (χ0) is 10.6. The summed E-state index contributed by atoms with van der Waals surface area (Å²) in [5.74, 6) is -0.0892. The number of hydrogen-bond acceptors (Lipinski definition) is 2. The SMILES string of the molecule is CCCC[C@H]1CC(=O)C[C@@H]1CC(=O)O. The van der Waals surface area contributed by atoms with Crippen molar-refractivity contribution in [1.29, 1.82) is 0 Å². The first-order valence-electron chi connectivity index (χ1n) is 5.37. The summed E-state index contributed by atoms with van der Waals surface area (Å²) in [6.45, 7) is 2.11. The van der Waals surface area contributed by atoms with Crippen molar-refractivity contribution >= 4 is 11.8 Å². The second-order valence-corrected chi connectivity index (χ2v) is 4.21. The molecule has 1 aliphatic rings. The van der Waals surface area contributed by atoms with Gasteiger partial charge in [-0.1, -0.05) is 19.8 Å². The Labute approximate surface area is 84.5 Å². The van der Waals surface area contributed by atoms with Crippen molar-refractivity contribution in [2.45, 2.75) is 45.4 Å². The second-order valence-electron chi connectivity index (χ2n) is 4.21. The van der Waals surface area contributed by atoms with Gasteiger partial charge in [-0.2, -0.15) is 0 Å². The Morgan fingerprint density at radius 2 is 2.07 bits per heavy atom. The fourth-order valence-electron chi connectivity index (χ4n) is 2.27. The van der Waals surface area contributed by atoms with Crippen LogP contribution in [0.4, 0.5) is 0 Å². The Morgan fingerprint density at radius 3 is 2.64 bits per heavy atom. The lowest BCUT2D eigenvalue weighted by Gasteiger charge is -2.15. The normalized spacial score (nSPS) is 26.8. The average molecular weight is 198 g/mol. The third-order valence-electron chi connectivity index (χ3n) is 3.01. The van der Waals surface area contributed by atoms with Crippen molar-refractivity contribution in [2.75, 3.05) is 0 Å². The van der Waals surface area contributed by atoms with E-state index in [9.17, 15) is 9.59 Å². The topological polar surface area (TPSA) is 54.4 Å². The average Bonchev–Trinajstić information content (AvgIpc) is 2.41. The van der Waals surface area contributed by atoms with E-state index < -0.39 is 5.97 Å². The van der Waals surface area contributed by atoms with Gasteiger partial charge in [0.2, 0.25) is 0 Å². The first-order chi connectivity index (χ1) is 6.63. The van der Waals surface area contributed by atoms with Crippen molar-refractivity contribution in [3.05, 3.63) is 0 Å². The van der Waals surface area contributed by atoms with E-state index in [1.54, 1.807) is 0 Å². The molecule has 14 heavy (non-hydrogen) atoms. The lowest BCUT2D eigenvalue weighted by molar-refractivity contribution is -0.138. The Bertz CT molecular complexity index is 223. The molecular weight excluding hydrogens is 180 g/mol. The lowest BCUT2D eigenvalue weighted by Crippen LogP contribution is -2.12. The summed E-state index contributed by atoms with van der Waals surface area (Å²) in [7, 11) is 0. The third kappa shape index (κ3) is 3.13. The molecule has 0 aromatic heterocycles. The van der Waals surface area contributed by atoms with Crippen molar-refractivity contribution in [1.82, 2.24) is 0 Å². The molecule has 0 aromatic carbocycles. The van der Waals surface area contributed by atoms with Crippen molar-refractivity contribution in [2.24, 2.45) is 11.8 Å². The Morgan fingerprint density at radius 1 is 1.43 bits per heavy atom. The molecule has 1 fully saturated rings. The van der Waals surface area contributed by atoms with E-state index in [1.807, 2.05) is 0 Å². The summed E-state index contributed by atoms with van der Waals surface area (Å²) in [6, 6.07) is 0. The number of carboxylic acid groups (broad SMARTS) is 1. The number of Topliss-reactive ketones (excluding diaryl/α,β-unsaturated/α-hetero) is 1. The molecule has 1 N–H and O–H groups in total. The van der Waals surface area contributed by atoms with Gasteiger partial charge >= 0.3 is 5.97 Å². The van der Waals surface area contributed by atoms with Gasteiger partial charge in [0, 0.05) is 19.3 Å². The second kappa shape index (κ2) is 5.13. The van der Waals surface area contributed by atoms with Crippen molar-refractivity contribution < 1.29 is 14.7 Å². The molecule has 0 heterocycles. The lowest BCUT2D eigenvalue weighted by atomic mass is 9.89. The molecule has 0 aliphatic heterocycles. The maximum atomic E-state index is 11.2. The molecular formula is C11H18O3. The van der Waals surface area contributed by atoms with Gasteiger partial charge < -0.3 is 5.11 Å². The maximum absolute atomic E-state index is 11.2. The molecule has 80 valence electrons. The smallest absolute Gasteiger partial charge is 0.303 e. The fourth-order valence-corrected chi connectivity index (χ4v) is 2.27. The van der Waals surface area contributed by atoms with Gasteiger partial charge in [0.05, 0.1) is 0 Å². The number of rotatable bonds is 5. The molecule has 0 unspecified atom stereocenters. The van der Waals surface area contributed by atoms with Crippen LogP contribution < -0.4 is 0 Å². The van der Waals surface area contributed by atoms with Crippen LogP contribution in [0.3, 0.4) is 0 Å². The number of carbonyl (C=O) groups is 2. The van der Waals surface area contributed by atoms with Crippen LogP contribution in [0.25, 0.3) is 0 Å². The first-order valence-corrected chi connectivity index (χ1v) is 5.37. The van der Waals surface area contributed by atoms with Gasteiger partial charge in [0.1, 0.15) is 5.78 Å². The first kappa shape index (κ1) is 11.2. The highest BCUT2D eigenvalue weighted by Crippen LogP contribution is 2.35. The van der Waals surface area contributed by atoms with Gasteiger partial charge in [-0.15, -0.1) is 0 Å². The molecule has 2 atom stereocenters. The van der Waals surface area contributed by atoms with Crippen LogP contribution >= 0.6 is 0 Å². The molecule has 3 heteroatoms. The highest BCUT2D eigenvalue weighted by atomic mass is 16.4. The Balaban J connectivity index is 2.44. The quantitative estimate of drug-likeness (QED) is 0.737. The van der Waals surface area contributed by atoms with Gasteiger partial charge in [0.25, 0.3) is 0 Å². The van der Waals surface area contributed by atoms with Gasteiger partial charge in [-0.3, -0.25) is 9.59 Å². The number of hydrogen-bond donors (Lipinski definition) is 1. The third-order valence-corrected chi connectivity index (χ3v) is 3.01. The van der Waals surface area contributed by atoms with Crippen LogP contribution in [0.15, 0.2) is 0 Å². The molecule has 1 saturated carbocycles. The minimum Gasteiger partial charge on any atom is -0.481 e. The molecule has 0 amide bonds. The molecule has 0 saturated heterocycles. The minimum atomic E-state index is -0.772. The number of aliphatic carboxylic acids is 1. The standard InChI is InChI=1S/C11H18O3/c1-2-3-4-8-5-10(12)6-9(8)7-11(13)14/h8-9H,2-7H2,1H3,(H,13,14)/t8-,9+/m0/s1. The number of carboxylic acids is 1. The van der Waals surface area contributed by atoms with Crippen LogP contribution in [-0.2, 0) is 9.59 Å². The fraction of sp³-hybridized carbons (Fsp3) is 0.818. The van der Waals surface area contributed by atoms with E-state index >= 15 is 0 Å². The van der Waals surface area contributed by atoms with E-state index in [2.05, 4.69) is 6.92 Å². The summed E-state index contributed by atoms with van der Waals surface area (Å²) in [5.41, 5.74) is 0. The zero-order valence-electron chi connectivity index (χ0n) is 8.66. The number of carbonyl (C=O) groups excluding carboxylic acids is 1. The van der Waals surface area contributed by atoms with Crippen molar-refractivity contribution in [3.63, 3.8) is 0 Å². The molecule has 0 spiro atoms. The maximum Gasteiger partial charge on any atom is 0.303 e. The minimum absolute atomic E-state index is 0.103. The largest absolute Gasteiger partial charge is 0.481 e. The highest BCUT2D eigenvalue weighted by molar-refractivity contribution is 5.82. The predicted octanol–water partition coefficient (Wildman–Crippen LogP) is 2.25. The van der Waals surface area contributed by atoms with Crippen molar-refractivity contribution in [3.8, 4) is 0 Å². The van der Waals surface area contributed by atoms with Crippen LogP contribution in [0.2, 0.25) is 0 Å². The molecule has 0 bridgehead atoms. The molecule has 1 rings (SSSR count). The Kier molecular flexibility index (Phi) is 4.11. The van der Waals surface area contributed by atoms with Crippen LogP contribution in [-0.4, -0.2) is 16.9 Å². The summed E-state index contributed by atoms with van der Waals surface area (Å²) >= 11 is 0. The van der Waals surface area contributed by atoms with Gasteiger partial charge in [-0.05, 0) is 18.3 Å². The summed E-state index contributed by atoms with van der Waals surface area (Å²) in [6.07, 6.45) is 4.50. The van der Waals surface area contributed by atoms with Crippen LogP contribution in [0, 0.1) is 11.8 Å². The van der Waals surface area contributed by atoms with Crippen LogP contribution in [0.5, 0.6) is 0 Å². The van der Waals surface area contributed by atoms with Gasteiger partial charge in [-0.25, -0.2) is 0 Å². The number of ketones is 1. The van der Waals surface area contributed by atoms with E-state index in [0.29, 0.717) is 18.8 Å². The molecule has 0 aromatic rings. The van der Waals surface area contributed by atoms with E-state index in [-0.39, 0.29) is 18.1 Å². The van der Waals surface area contributed by atoms with Crippen LogP contribution in [0.1, 0.15) is 45.4 Å². The predicted molar refractivity (Wildman–Crippen MR) is 53.0 cm³/mol.